The number of aromatic hydroxyl groups is 1. The van der Waals surface area contributed by atoms with Gasteiger partial charge >= 0.3 is 0 Å². The van der Waals surface area contributed by atoms with Gasteiger partial charge in [-0.25, -0.2) is 5.01 Å². The number of benzene rings is 2. The van der Waals surface area contributed by atoms with Crippen molar-refractivity contribution in [1.29, 1.82) is 0 Å². The third-order valence-corrected chi connectivity index (χ3v) is 4.69. The maximum Gasteiger partial charge on any atom is 0.187 e. The van der Waals surface area contributed by atoms with E-state index >= 15 is 0 Å². The molecule has 1 saturated heterocycles. The highest BCUT2D eigenvalue weighted by atomic mass is 32.1. The second kappa shape index (κ2) is 8.29. The summed E-state index contributed by atoms with van der Waals surface area (Å²) >= 11 is 5.28. The first-order valence-corrected chi connectivity index (χ1v) is 9.20. The third kappa shape index (κ3) is 4.20. The Labute approximate surface area is 159 Å². The molecule has 0 spiro atoms. The molecule has 3 rings (SSSR count). The van der Waals surface area contributed by atoms with Crippen LogP contribution < -0.4 is 11.1 Å². The molecule has 26 heavy (non-hydrogen) atoms. The first-order chi connectivity index (χ1) is 12.6. The molecule has 1 aliphatic heterocycles. The molecule has 0 radical (unpaired) electrons. The molecule has 1 fully saturated rings. The standard InChI is InChI=1S/C20H24N4OS/c1-14-9-10-17(18(25)12-14)19(15-6-3-2-4-7-15)23-24(20(21)26)16-8-5-11-22-13-16/h2-4,6-7,9-10,12,16,22,25H,5,8,11,13H2,1H3,(H2,21,26). The van der Waals surface area contributed by atoms with Gasteiger partial charge in [0.2, 0.25) is 0 Å². The Morgan fingerprint density at radius 3 is 2.65 bits per heavy atom. The van der Waals surface area contributed by atoms with Gasteiger partial charge in [-0.1, -0.05) is 36.4 Å². The van der Waals surface area contributed by atoms with E-state index in [1.807, 2.05) is 49.4 Å². The molecule has 1 unspecified atom stereocenters. The average Bonchev–Trinajstić information content (AvgIpc) is 2.65. The Morgan fingerprint density at radius 2 is 2.04 bits per heavy atom. The Kier molecular flexibility index (Phi) is 5.85. The van der Waals surface area contributed by atoms with Crippen LogP contribution in [-0.4, -0.2) is 40.1 Å². The minimum Gasteiger partial charge on any atom is -0.507 e. The van der Waals surface area contributed by atoms with E-state index < -0.39 is 0 Å². The molecule has 136 valence electrons. The lowest BCUT2D eigenvalue weighted by Gasteiger charge is -2.32. The van der Waals surface area contributed by atoms with Crippen molar-refractivity contribution >= 4 is 23.0 Å². The first-order valence-electron chi connectivity index (χ1n) is 8.79. The number of hydrogen-bond donors (Lipinski definition) is 3. The monoisotopic (exact) mass is 368 g/mol. The minimum absolute atomic E-state index is 0.104. The van der Waals surface area contributed by atoms with Crippen LogP contribution in [0.3, 0.4) is 0 Å². The zero-order valence-electron chi connectivity index (χ0n) is 14.9. The van der Waals surface area contributed by atoms with Gasteiger partial charge in [-0.05, 0) is 56.2 Å². The van der Waals surface area contributed by atoms with E-state index in [1.54, 1.807) is 11.1 Å². The highest BCUT2D eigenvalue weighted by Crippen LogP contribution is 2.24. The molecule has 0 aliphatic carbocycles. The van der Waals surface area contributed by atoms with Crippen LogP contribution in [0.15, 0.2) is 53.6 Å². The number of phenols is 1. The second-order valence-electron chi connectivity index (χ2n) is 6.52. The minimum atomic E-state index is 0.104. The van der Waals surface area contributed by atoms with E-state index in [1.165, 1.54) is 0 Å². The Bertz CT molecular complexity index is 801. The number of aryl methyl sites for hydroxylation is 1. The molecular formula is C20H24N4OS. The predicted octanol–water partition coefficient (Wildman–Crippen LogP) is 2.75. The molecule has 0 saturated carbocycles. The Morgan fingerprint density at radius 1 is 1.27 bits per heavy atom. The lowest BCUT2D eigenvalue weighted by Crippen LogP contribution is -2.48. The molecule has 2 aromatic carbocycles. The van der Waals surface area contributed by atoms with Crippen LogP contribution in [0, 0.1) is 6.92 Å². The summed E-state index contributed by atoms with van der Waals surface area (Å²) in [6.07, 6.45) is 2.02. The number of nitrogens with one attached hydrogen (secondary N) is 1. The lowest BCUT2D eigenvalue weighted by molar-refractivity contribution is 0.267. The largest absolute Gasteiger partial charge is 0.507 e. The number of nitrogens with two attached hydrogens (primary N) is 1. The van der Waals surface area contributed by atoms with Crippen molar-refractivity contribution in [1.82, 2.24) is 10.3 Å². The highest BCUT2D eigenvalue weighted by molar-refractivity contribution is 7.80. The van der Waals surface area contributed by atoms with E-state index in [0.717, 1.165) is 37.1 Å². The number of hydrazone groups is 1. The number of phenolic OH excluding ortho intramolecular Hbond substituents is 1. The van der Waals surface area contributed by atoms with Crippen LogP contribution in [-0.2, 0) is 0 Å². The molecule has 0 amide bonds. The van der Waals surface area contributed by atoms with Gasteiger partial charge in [0.25, 0.3) is 0 Å². The number of piperidine rings is 1. The normalized spacial score (nSPS) is 17.7. The molecule has 5 nitrogen and oxygen atoms in total. The molecule has 1 atom stereocenters. The average molecular weight is 369 g/mol. The van der Waals surface area contributed by atoms with Gasteiger partial charge in [0.15, 0.2) is 5.11 Å². The number of rotatable bonds is 4. The van der Waals surface area contributed by atoms with Crippen molar-refractivity contribution in [3.63, 3.8) is 0 Å². The highest BCUT2D eigenvalue weighted by Gasteiger charge is 2.23. The summed E-state index contributed by atoms with van der Waals surface area (Å²) in [7, 11) is 0. The lowest BCUT2D eigenvalue weighted by atomic mass is 10.00. The Balaban J connectivity index is 2.09. The fraction of sp³-hybridized carbons (Fsp3) is 0.300. The van der Waals surface area contributed by atoms with Crippen molar-refractivity contribution in [2.24, 2.45) is 10.8 Å². The van der Waals surface area contributed by atoms with Gasteiger partial charge in [-0.2, -0.15) is 5.10 Å². The summed E-state index contributed by atoms with van der Waals surface area (Å²) in [4.78, 5) is 0. The zero-order chi connectivity index (χ0) is 18.5. The van der Waals surface area contributed by atoms with E-state index in [0.29, 0.717) is 11.3 Å². The second-order valence-corrected chi connectivity index (χ2v) is 6.94. The van der Waals surface area contributed by atoms with E-state index in [2.05, 4.69) is 5.32 Å². The quantitative estimate of drug-likeness (QED) is 0.440. The maximum atomic E-state index is 10.5. The number of nitrogens with zero attached hydrogens (tertiary/aromatic N) is 2. The number of hydrogen-bond acceptors (Lipinski definition) is 4. The van der Waals surface area contributed by atoms with Crippen LogP contribution in [0.1, 0.15) is 29.5 Å². The van der Waals surface area contributed by atoms with Gasteiger partial charge in [0.05, 0.1) is 6.04 Å². The Hall–Kier alpha value is -2.44. The van der Waals surface area contributed by atoms with Crippen LogP contribution in [0.5, 0.6) is 5.75 Å². The van der Waals surface area contributed by atoms with Crippen LogP contribution >= 0.6 is 12.2 Å². The summed E-state index contributed by atoms with van der Waals surface area (Å²) in [5.74, 6) is 0.192. The molecule has 1 heterocycles. The van der Waals surface area contributed by atoms with Crippen LogP contribution in [0.2, 0.25) is 0 Å². The number of thiocarbonyl (C=S) groups is 1. The van der Waals surface area contributed by atoms with Gasteiger partial charge in [0, 0.05) is 17.7 Å². The van der Waals surface area contributed by atoms with Gasteiger partial charge in [0.1, 0.15) is 11.5 Å². The first kappa shape index (κ1) is 18.4. The summed E-state index contributed by atoms with van der Waals surface area (Å²) < 4.78 is 0. The summed E-state index contributed by atoms with van der Waals surface area (Å²) in [5.41, 5.74) is 9.19. The van der Waals surface area contributed by atoms with E-state index in [-0.39, 0.29) is 16.9 Å². The van der Waals surface area contributed by atoms with Gasteiger partial charge in [-0.3, -0.25) is 0 Å². The smallest absolute Gasteiger partial charge is 0.187 e. The third-order valence-electron chi connectivity index (χ3n) is 4.51. The van der Waals surface area contributed by atoms with E-state index in [9.17, 15) is 5.11 Å². The molecule has 0 aromatic heterocycles. The van der Waals surface area contributed by atoms with Crippen molar-refractivity contribution < 1.29 is 5.11 Å². The molecule has 6 heteroatoms. The van der Waals surface area contributed by atoms with Crippen LogP contribution in [0.25, 0.3) is 0 Å². The van der Waals surface area contributed by atoms with Crippen LogP contribution in [0.4, 0.5) is 0 Å². The van der Waals surface area contributed by atoms with E-state index in [4.69, 9.17) is 23.1 Å². The van der Waals surface area contributed by atoms with Crippen molar-refractivity contribution in [3.8, 4) is 5.75 Å². The SMILES string of the molecule is Cc1ccc(C(=NN(C(N)=S)C2CCCNC2)c2ccccc2)c(O)c1. The van der Waals surface area contributed by atoms with Gasteiger partial charge in [-0.15, -0.1) is 0 Å². The zero-order valence-corrected chi connectivity index (χ0v) is 15.7. The summed E-state index contributed by atoms with van der Waals surface area (Å²) in [6, 6.07) is 15.5. The molecular weight excluding hydrogens is 344 g/mol. The fourth-order valence-corrected chi connectivity index (χ4v) is 3.36. The van der Waals surface area contributed by atoms with Crippen molar-refractivity contribution in [3.05, 3.63) is 65.2 Å². The fourth-order valence-electron chi connectivity index (χ4n) is 3.17. The van der Waals surface area contributed by atoms with Gasteiger partial charge < -0.3 is 16.2 Å². The molecule has 1 aliphatic rings. The summed E-state index contributed by atoms with van der Waals surface area (Å²) in [6.45, 7) is 3.72. The molecule has 2 aromatic rings. The summed E-state index contributed by atoms with van der Waals surface area (Å²) in [5, 5.41) is 20.6. The predicted molar refractivity (Wildman–Crippen MR) is 109 cm³/mol. The topological polar surface area (TPSA) is 73.9 Å². The van der Waals surface area contributed by atoms with Crippen molar-refractivity contribution in [2.45, 2.75) is 25.8 Å². The van der Waals surface area contributed by atoms with Crippen molar-refractivity contribution in [2.75, 3.05) is 13.1 Å². The molecule has 0 bridgehead atoms. The molecule has 4 N–H and O–H groups in total. The maximum absolute atomic E-state index is 10.5.